The van der Waals surface area contributed by atoms with Crippen LogP contribution in [-0.2, 0) is 9.59 Å². The fourth-order valence-electron chi connectivity index (χ4n) is 3.75. The van der Waals surface area contributed by atoms with E-state index in [0.717, 1.165) is 11.3 Å². The highest BCUT2D eigenvalue weighted by Crippen LogP contribution is 2.30. The minimum absolute atomic E-state index is 0.0480. The fraction of sp³-hybridized carbons (Fsp3) is 0.214. The number of benzene rings is 3. The molecule has 0 spiro atoms. The molecule has 1 aliphatic rings. The van der Waals surface area contributed by atoms with Gasteiger partial charge >= 0.3 is 0 Å². The number of hydrazine groups is 1. The average Bonchev–Trinajstić information content (AvgIpc) is 3.13. The Labute approximate surface area is 204 Å². The zero-order valence-electron chi connectivity index (χ0n) is 20.0. The van der Waals surface area contributed by atoms with Crippen molar-refractivity contribution in [2.24, 2.45) is 0 Å². The van der Waals surface area contributed by atoms with Gasteiger partial charge in [0, 0.05) is 0 Å². The van der Waals surface area contributed by atoms with Crippen LogP contribution in [0, 0.1) is 13.8 Å². The van der Waals surface area contributed by atoms with Gasteiger partial charge in [-0.05, 0) is 68.3 Å². The Kier molecular flexibility index (Phi) is 7.35. The van der Waals surface area contributed by atoms with Crippen molar-refractivity contribution >= 4 is 23.6 Å². The number of hydrogen-bond donors (Lipinski definition) is 1. The van der Waals surface area contributed by atoms with Crippen molar-refractivity contribution < 1.29 is 23.8 Å². The van der Waals surface area contributed by atoms with Crippen molar-refractivity contribution in [3.63, 3.8) is 0 Å². The van der Waals surface area contributed by atoms with Gasteiger partial charge in [0.1, 0.15) is 24.5 Å². The predicted molar refractivity (Wildman–Crippen MR) is 135 cm³/mol. The topological polar surface area (TPSA) is 77.1 Å². The first-order valence-corrected chi connectivity index (χ1v) is 11.5. The van der Waals surface area contributed by atoms with Crippen LogP contribution in [0.1, 0.15) is 23.6 Å². The van der Waals surface area contributed by atoms with Gasteiger partial charge in [0.25, 0.3) is 11.8 Å². The molecule has 3 aromatic rings. The van der Waals surface area contributed by atoms with Gasteiger partial charge in [0.2, 0.25) is 0 Å². The van der Waals surface area contributed by atoms with Crippen LogP contribution in [0.2, 0.25) is 0 Å². The first kappa shape index (κ1) is 23.9. The third-order valence-corrected chi connectivity index (χ3v) is 5.41. The second-order valence-electron chi connectivity index (χ2n) is 8.08. The smallest absolute Gasteiger partial charge is 0.282 e. The molecule has 1 aliphatic heterocycles. The van der Waals surface area contributed by atoms with Gasteiger partial charge in [-0.15, -0.1) is 0 Å². The molecular formula is C28H28N2O5. The van der Waals surface area contributed by atoms with Gasteiger partial charge in [0.05, 0.1) is 12.3 Å². The Balaban J connectivity index is 1.44. The SMILES string of the molecule is CCOc1cc(C=C2C(=O)NN(c3ccccc3)C2=O)ccc1OCCOc1ccc(C)cc1C. The molecule has 0 aromatic heterocycles. The molecule has 1 saturated heterocycles. The molecule has 1 heterocycles. The maximum atomic E-state index is 12.8. The highest BCUT2D eigenvalue weighted by Gasteiger charge is 2.34. The van der Waals surface area contributed by atoms with Crippen LogP contribution in [-0.4, -0.2) is 31.6 Å². The van der Waals surface area contributed by atoms with Crippen LogP contribution >= 0.6 is 0 Å². The average molecular weight is 473 g/mol. The number of anilines is 1. The summed E-state index contributed by atoms with van der Waals surface area (Å²) >= 11 is 0. The summed E-state index contributed by atoms with van der Waals surface area (Å²) in [6, 6.07) is 20.3. The number of aryl methyl sites for hydroxylation is 2. The fourth-order valence-corrected chi connectivity index (χ4v) is 3.75. The van der Waals surface area contributed by atoms with E-state index < -0.39 is 11.8 Å². The van der Waals surface area contributed by atoms with E-state index in [1.807, 2.05) is 39.0 Å². The van der Waals surface area contributed by atoms with Gasteiger partial charge in [-0.3, -0.25) is 15.0 Å². The summed E-state index contributed by atoms with van der Waals surface area (Å²) in [4.78, 5) is 25.3. The lowest BCUT2D eigenvalue weighted by molar-refractivity contribution is -0.117. The van der Waals surface area contributed by atoms with E-state index in [1.165, 1.54) is 10.6 Å². The van der Waals surface area contributed by atoms with Gasteiger partial charge < -0.3 is 14.2 Å². The van der Waals surface area contributed by atoms with Crippen molar-refractivity contribution in [2.45, 2.75) is 20.8 Å². The second kappa shape index (κ2) is 10.8. The monoisotopic (exact) mass is 472 g/mol. The zero-order chi connectivity index (χ0) is 24.8. The number of ether oxygens (including phenoxy) is 3. The molecule has 0 radical (unpaired) electrons. The van der Waals surface area contributed by atoms with E-state index in [9.17, 15) is 9.59 Å². The van der Waals surface area contributed by atoms with Gasteiger partial charge in [-0.1, -0.05) is 42.0 Å². The van der Waals surface area contributed by atoms with E-state index in [4.69, 9.17) is 14.2 Å². The van der Waals surface area contributed by atoms with E-state index in [1.54, 1.807) is 48.5 Å². The lowest BCUT2D eigenvalue weighted by Gasteiger charge is -2.14. The number of rotatable bonds is 9. The highest BCUT2D eigenvalue weighted by molar-refractivity contribution is 6.31. The normalized spacial score (nSPS) is 14.3. The molecule has 0 atom stereocenters. The van der Waals surface area contributed by atoms with Crippen molar-refractivity contribution in [1.29, 1.82) is 0 Å². The lowest BCUT2D eigenvalue weighted by atomic mass is 10.1. The van der Waals surface area contributed by atoms with Crippen molar-refractivity contribution in [1.82, 2.24) is 5.43 Å². The Morgan fingerprint density at radius 2 is 1.54 bits per heavy atom. The third kappa shape index (κ3) is 5.63. The Morgan fingerprint density at radius 3 is 2.26 bits per heavy atom. The van der Waals surface area contributed by atoms with Crippen LogP contribution < -0.4 is 24.6 Å². The van der Waals surface area contributed by atoms with Crippen molar-refractivity contribution in [3.8, 4) is 17.2 Å². The number of nitrogens with zero attached hydrogens (tertiary/aromatic N) is 1. The van der Waals surface area contributed by atoms with E-state index in [0.29, 0.717) is 42.6 Å². The predicted octanol–water partition coefficient (Wildman–Crippen LogP) is 4.62. The molecule has 0 bridgehead atoms. The Morgan fingerprint density at radius 1 is 0.829 bits per heavy atom. The molecule has 2 amide bonds. The highest BCUT2D eigenvalue weighted by atomic mass is 16.5. The summed E-state index contributed by atoms with van der Waals surface area (Å²) < 4.78 is 17.5. The molecule has 7 heteroatoms. The maximum absolute atomic E-state index is 12.8. The molecular weight excluding hydrogens is 444 g/mol. The first-order chi connectivity index (χ1) is 17.0. The molecule has 4 rings (SSSR count). The van der Waals surface area contributed by atoms with Gasteiger partial charge in [0.15, 0.2) is 11.5 Å². The minimum atomic E-state index is -0.458. The quantitative estimate of drug-likeness (QED) is 0.279. The van der Waals surface area contributed by atoms with Crippen LogP contribution in [0.3, 0.4) is 0 Å². The summed E-state index contributed by atoms with van der Waals surface area (Å²) in [5.41, 5.74) is 6.16. The molecule has 0 unspecified atom stereocenters. The van der Waals surface area contributed by atoms with E-state index in [2.05, 4.69) is 11.5 Å². The maximum Gasteiger partial charge on any atom is 0.282 e. The third-order valence-electron chi connectivity index (χ3n) is 5.41. The number of nitrogens with one attached hydrogen (secondary N) is 1. The molecule has 1 fully saturated rings. The molecule has 0 aliphatic carbocycles. The molecule has 3 aromatic carbocycles. The second-order valence-corrected chi connectivity index (χ2v) is 8.08. The number of para-hydroxylation sites is 1. The van der Waals surface area contributed by atoms with E-state index >= 15 is 0 Å². The van der Waals surface area contributed by atoms with Gasteiger partial charge in [-0.2, -0.15) is 0 Å². The minimum Gasteiger partial charge on any atom is -0.490 e. The zero-order valence-corrected chi connectivity index (χ0v) is 20.0. The first-order valence-electron chi connectivity index (χ1n) is 11.5. The summed E-state index contributed by atoms with van der Waals surface area (Å²) in [6.07, 6.45) is 1.55. The van der Waals surface area contributed by atoms with Crippen LogP contribution in [0.4, 0.5) is 5.69 Å². The van der Waals surface area contributed by atoms with Gasteiger partial charge in [-0.25, -0.2) is 5.01 Å². The summed E-state index contributed by atoms with van der Waals surface area (Å²) in [6.45, 7) is 7.09. The Bertz CT molecular complexity index is 1250. The number of carbonyl (C=O) groups is 2. The number of amides is 2. The molecule has 7 nitrogen and oxygen atoms in total. The Hall–Kier alpha value is -4.26. The molecule has 180 valence electrons. The van der Waals surface area contributed by atoms with Crippen molar-refractivity contribution in [3.05, 3.63) is 89.0 Å². The molecule has 1 N–H and O–H groups in total. The van der Waals surface area contributed by atoms with Crippen LogP contribution in [0.25, 0.3) is 6.08 Å². The lowest BCUT2D eigenvalue weighted by Crippen LogP contribution is -2.35. The molecule has 0 saturated carbocycles. The van der Waals surface area contributed by atoms with E-state index in [-0.39, 0.29) is 5.57 Å². The number of hydrogen-bond acceptors (Lipinski definition) is 5. The summed E-state index contributed by atoms with van der Waals surface area (Å²) in [5, 5.41) is 1.24. The standard InChI is InChI=1S/C28H28N2O5/c1-4-33-26-18-21(17-23-27(31)29-30(28(23)32)22-8-6-5-7-9-22)11-13-25(26)35-15-14-34-24-12-10-19(2)16-20(24)3/h5-13,16-18H,4,14-15H2,1-3H3,(H,29,31). The van der Waals surface area contributed by atoms with Crippen molar-refractivity contribution in [2.75, 3.05) is 24.8 Å². The van der Waals surface area contributed by atoms with Crippen LogP contribution in [0.15, 0.2) is 72.3 Å². The summed E-state index contributed by atoms with van der Waals surface area (Å²) in [5.74, 6) is 1.05. The largest absolute Gasteiger partial charge is 0.490 e. The summed E-state index contributed by atoms with van der Waals surface area (Å²) in [7, 11) is 0. The molecule has 35 heavy (non-hydrogen) atoms. The van der Waals surface area contributed by atoms with Crippen LogP contribution in [0.5, 0.6) is 17.2 Å². The number of carbonyl (C=O) groups excluding carboxylic acids is 2.